The molecule has 0 bridgehead atoms. The lowest BCUT2D eigenvalue weighted by Crippen LogP contribution is -2.28. The van der Waals surface area contributed by atoms with Crippen molar-refractivity contribution >= 4 is 17.5 Å². The maximum Gasteiger partial charge on any atom is 0.256 e. The normalized spacial score (nSPS) is 11.9. The zero-order chi connectivity index (χ0) is 14.5. The van der Waals surface area contributed by atoms with Crippen LogP contribution in [-0.2, 0) is 0 Å². The van der Waals surface area contributed by atoms with E-state index in [9.17, 15) is 4.79 Å². The Bertz CT molecular complexity index is 594. The van der Waals surface area contributed by atoms with Crippen LogP contribution in [0.3, 0.4) is 0 Å². The summed E-state index contributed by atoms with van der Waals surface area (Å²) in [7, 11) is 1.61. The van der Waals surface area contributed by atoms with E-state index in [0.717, 1.165) is 17.7 Å². The number of furan rings is 1. The van der Waals surface area contributed by atoms with Crippen molar-refractivity contribution in [1.82, 2.24) is 5.32 Å². The Morgan fingerprint density at radius 3 is 2.75 bits per heavy atom. The summed E-state index contributed by atoms with van der Waals surface area (Å²) in [6.45, 7) is 1.99. The number of methoxy groups -OCH3 is 1. The minimum absolute atomic E-state index is 0.0948. The number of benzene rings is 1. The number of halogens is 1. The van der Waals surface area contributed by atoms with Gasteiger partial charge in [-0.2, -0.15) is 0 Å². The van der Waals surface area contributed by atoms with E-state index in [-0.39, 0.29) is 17.2 Å². The molecule has 1 atom stereocenters. The van der Waals surface area contributed by atoms with Crippen molar-refractivity contribution in [1.29, 1.82) is 0 Å². The van der Waals surface area contributed by atoms with Crippen molar-refractivity contribution < 1.29 is 13.9 Å². The Kier molecular flexibility index (Phi) is 4.69. The molecule has 1 unspecified atom stereocenters. The van der Waals surface area contributed by atoms with E-state index in [0.29, 0.717) is 5.56 Å². The highest BCUT2D eigenvalue weighted by Gasteiger charge is 2.20. The highest BCUT2D eigenvalue weighted by atomic mass is 35.5. The van der Waals surface area contributed by atoms with Gasteiger partial charge in [0.2, 0.25) is 5.22 Å². The van der Waals surface area contributed by atoms with E-state index < -0.39 is 0 Å². The zero-order valence-electron chi connectivity index (χ0n) is 11.4. The van der Waals surface area contributed by atoms with Crippen LogP contribution in [0.2, 0.25) is 5.22 Å². The molecule has 0 saturated heterocycles. The van der Waals surface area contributed by atoms with Gasteiger partial charge in [0.1, 0.15) is 5.75 Å². The van der Waals surface area contributed by atoms with Gasteiger partial charge in [-0.3, -0.25) is 4.79 Å². The van der Waals surface area contributed by atoms with Crippen LogP contribution in [0.1, 0.15) is 35.3 Å². The van der Waals surface area contributed by atoms with Gasteiger partial charge in [-0.15, -0.1) is 0 Å². The van der Waals surface area contributed by atoms with Crippen LogP contribution in [0.5, 0.6) is 5.75 Å². The van der Waals surface area contributed by atoms with Crippen molar-refractivity contribution in [3.8, 4) is 5.75 Å². The lowest BCUT2D eigenvalue weighted by atomic mass is 10.0. The molecule has 1 amide bonds. The Hall–Kier alpha value is -1.94. The summed E-state index contributed by atoms with van der Waals surface area (Å²) in [6.07, 6.45) is 2.13. The highest BCUT2D eigenvalue weighted by molar-refractivity contribution is 6.32. The maximum atomic E-state index is 12.2. The summed E-state index contributed by atoms with van der Waals surface area (Å²) < 4.78 is 10.3. The molecule has 4 nitrogen and oxygen atoms in total. The number of rotatable bonds is 5. The molecule has 106 valence electrons. The van der Waals surface area contributed by atoms with Crippen molar-refractivity contribution in [2.75, 3.05) is 7.11 Å². The Balaban J connectivity index is 2.21. The van der Waals surface area contributed by atoms with Crippen molar-refractivity contribution in [2.24, 2.45) is 0 Å². The third-order valence-electron chi connectivity index (χ3n) is 3.09. The fraction of sp³-hybridized carbons (Fsp3) is 0.267. The Labute approximate surface area is 122 Å². The smallest absolute Gasteiger partial charge is 0.256 e. The van der Waals surface area contributed by atoms with Crippen LogP contribution < -0.4 is 10.1 Å². The second-order valence-electron chi connectivity index (χ2n) is 4.28. The maximum absolute atomic E-state index is 12.2. The minimum atomic E-state index is -0.262. The van der Waals surface area contributed by atoms with Crippen molar-refractivity contribution in [3.63, 3.8) is 0 Å². The first-order valence-electron chi connectivity index (χ1n) is 6.34. The molecule has 0 aliphatic carbocycles. The zero-order valence-corrected chi connectivity index (χ0v) is 12.1. The van der Waals surface area contributed by atoms with Gasteiger partial charge < -0.3 is 14.5 Å². The second kappa shape index (κ2) is 6.48. The molecule has 0 saturated carbocycles. The van der Waals surface area contributed by atoms with Crippen molar-refractivity contribution in [2.45, 2.75) is 19.4 Å². The molecule has 20 heavy (non-hydrogen) atoms. The quantitative estimate of drug-likeness (QED) is 0.911. The molecule has 5 heteroatoms. The highest BCUT2D eigenvalue weighted by Crippen LogP contribution is 2.27. The second-order valence-corrected chi connectivity index (χ2v) is 4.63. The molecule has 0 spiro atoms. The summed E-state index contributed by atoms with van der Waals surface area (Å²) in [4.78, 5) is 12.2. The molecule has 2 aromatic rings. The van der Waals surface area contributed by atoms with Gasteiger partial charge in [-0.1, -0.05) is 25.1 Å². The molecule has 2 rings (SSSR count). The first-order chi connectivity index (χ1) is 9.67. The van der Waals surface area contributed by atoms with E-state index in [1.54, 1.807) is 13.2 Å². The van der Waals surface area contributed by atoms with Crippen LogP contribution in [0, 0.1) is 0 Å². The standard InChI is InChI=1S/C15H16ClNO3/c1-3-12(10-6-4-5-7-13(10)19-2)17-15(18)11-8-9-20-14(11)16/h4-9,12H,3H2,1-2H3,(H,17,18). The predicted octanol–water partition coefficient (Wildman–Crippen LogP) is 3.82. The summed E-state index contributed by atoms with van der Waals surface area (Å²) in [5.74, 6) is 0.486. The number of carbonyl (C=O) groups is 1. The molecule has 1 heterocycles. The minimum Gasteiger partial charge on any atom is -0.496 e. The molecule has 1 aromatic carbocycles. The number of hydrogen-bond acceptors (Lipinski definition) is 3. The number of amides is 1. The van der Waals surface area contributed by atoms with Crippen LogP contribution in [0.15, 0.2) is 41.0 Å². The molecule has 1 aromatic heterocycles. The summed E-state index contributed by atoms with van der Waals surface area (Å²) >= 11 is 5.81. The SMILES string of the molecule is CCC(NC(=O)c1ccoc1Cl)c1ccccc1OC. The molecule has 1 N–H and O–H groups in total. The Morgan fingerprint density at radius 2 is 2.15 bits per heavy atom. The largest absolute Gasteiger partial charge is 0.496 e. The summed E-state index contributed by atoms with van der Waals surface area (Å²) in [6, 6.07) is 9.01. The fourth-order valence-electron chi connectivity index (χ4n) is 2.05. The van der Waals surface area contributed by atoms with E-state index in [1.807, 2.05) is 31.2 Å². The molecule has 0 aliphatic heterocycles. The van der Waals surface area contributed by atoms with Gasteiger partial charge in [0, 0.05) is 5.56 Å². The van der Waals surface area contributed by atoms with Gasteiger partial charge in [0.05, 0.1) is 25.0 Å². The Morgan fingerprint density at radius 1 is 1.40 bits per heavy atom. The van der Waals surface area contributed by atoms with E-state index in [1.165, 1.54) is 6.26 Å². The van der Waals surface area contributed by atoms with Gasteiger partial charge in [-0.05, 0) is 30.2 Å². The summed E-state index contributed by atoms with van der Waals surface area (Å²) in [5, 5.41) is 3.03. The van der Waals surface area contributed by atoms with Crippen LogP contribution in [0.25, 0.3) is 0 Å². The van der Waals surface area contributed by atoms with E-state index in [4.69, 9.17) is 20.8 Å². The number of nitrogens with one attached hydrogen (secondary N) is 1. The fourth-order valence-corrected chi connectivity index (χ4v) is 2.25. The molecule has 0 aliphatic rings. The predicted molar refractivity (Wildman–Crippen MR) is 77.2 cm³/mol. The number of para-hydroxylation sites is 1. The monoisotopic (exact) mass is 293 g/mol. The lowest BCUT2D eigenvalue weighted by molar-refractivity contribution is 0.0934. The first-order valence-corrected chi connectivity index (χ1v) is 6.72. The van der Waals surface area contributed by atoms with E-state index >= 15 is 0 Å². The van der Waals surface area contributed by atoms with E-state index in [2.05, 4.69) is 5.32 Å². The van der Waals surface area contributed by atoms with Crippen LogP contribution >= 0.6 is 11.6 Å². The average Bonchev–Trinajstić information content (AvgIpc) is 2.90. The average molecular weight is 294 g/mol. The van der Waals surface area contributed by atoms with Crippen molar-refractivity contribution in [3.05, 3.63) is 52.9 Å². The third-order valence-corrected chi connectivity index (χ3v) is 3.38. The van der Waals surface area contributed by atoms with Gasteiger partial charge in [0.25, 0.3) is 5.91 Å². The molecule has 0 fully saturated rings. The lowest BCUT2D eigenvalue weighted by Gasteiger charge is -2.19. The summed E-state index contributed by atoms with van der Waals surface area (Å²) in [5.41, 5.74) is 1.27. The molecule has 0 radical (unpaired) electrons. The van der Waals surface area contributed by atoms with Gasteiger partial charge in [0.15, 0.2) is 0 Å². The van der Waals surface area contributed by atoms with Crippen LogP contribution in [0.4, 0.5) is 0 Å². The van der Waals surface area contributed by atoms with Gasteiger partial charge >= 0.3 is 0 Å². The first kappa shape index (κ1) is 14.5. The van der Waals surface area contributed by atoms with Gasteiger partial charge in [-0.25, -0.2) is 0 Å². The number of hydrogen-bond donors (Lipinski definition) is 1. The third kappa shape index (κ3) is 2.96. The molecular formula is C15H16ClNO3. The number of carbonyl (C=O) groups excluding carboxylic acids is 1. The molecular weight excluding hydrogens is 278 g/mol. The van der Waals surface area contributed by atoms with Crippen LogP contribution in [-0.4, -0.2) is 13.0 Å². The topological polar surface area (TPSA) is 51.5 Å². The number of ether oxygens (including phenoxy) is 1.